The third-order valence-corrected chi connectivity index (χ3v) is 7.54. The minimum atomic E-state index is -3.64. The summed E-state index contributed by atoms with van der Waals surface area (Å²) in [4.78, 5) is 0.164. The van der Waals surface area contributed by atoms with Crippen LogP contribution >= 0.6 is 12.2 Å². The number of thiocarbonyl (C=S) groups is 1. The van der Waals surface area contributed by atoms with Crippen LogP contribution in [0.4, 0.5) is 5.69 Å². The van der Waals surface area contributed by atoms with Crippen LogP contribution in [0.2, 0.25) is 0 Å². The van der Waals surface area contributed by atoms with Crippen LogP contribution in [0.3, 0.4) is 0 Å². The molecule has 8 heteroatoms. The number of anilines is 1. The van der Waals surface area contributed by atoms with Gasteiger partial charge in [0.2, 0.25) is 10.0 Å². The molecule has 28 heavy (non-hydrogen) atoms. The largest absolute Gasteiger partial charge is 0.492 e. The Kier molecular flexibility index (Phi) is 8.52. The zero-order valence-corrected chi connectivity index (χ0v) is 19.0. The Bertz CT molecular complexity index is 764. The van der Waals surface area contributed by atoms with E-state index in [9.17, 15) is 8.42 Å². The Morgan fingerprint density at radius 2 is 1.89 bits per heavy atom. The number of rotatable bonds is 8. The molecule has 1 fully saturated rings. The van der Waals surface area contributed by atoms with Gasteiger partial charge in [0.05, 0.1) is 6.61 Å². The van der Waals surface area contributed by atoms with Gasteiger partial charge in [0.1, 0.15) is 10.6 Å². The molecule has 158 valence electrons. The first-order valence-corrected chi connectivity index (χ1v) is 12.0. The van der Waals surface area contributed by atoms with E-state index in [0.29, 0.717) is 48.2 Å². The second-order valence-electron chi connectivity index (χ2n) is 7.15. The average molecular weight is 428 g/mol. The Morgan fingerprint density at radius 1 is 1.21 bits per heavy atom. The summed E-state index contributed by atoms with van der Waals surface area (Å²) >= 11 is 5.47. The zero-order valence-electron chi connectivity index (χ0n) is 17.3. The summed E-state index contributed by atoms with van der Waals surface area (Å²) in [7, 11) is -3.64. The lowest BCUT2D eigenvalue weighted by Gasteiger charge is -2.30. The van der Waals surface area contributed by atoms with Crippen LogP contribution in [0.25, 0.3) is 0 Å². The van der Waals surface area contributed by atoms with E-state index >= 15 is 0 Å². The van der Waals surface area contributed by atoms with Crippen LogP contribution in [0.5, 0.6) is 5.75 Å². The highest BCUT2D eigenvalue weighted by atomic mass is 32.2. The fraction of sp³-hybridized carbons (Fsp3) is 0.650. The predicted octanol–water partition coefficient (Wildman–Crippen LogP) is 3.98. The number of benzene rings is 1. The van der Waals surface area contributed by atoms with Crippen molar-refractivity contribution in [1.29, 1.82) is 0 Å². The molecule has 0 bridgehead atoms. The third kappa shape index (κ3) is 5.58. The van der Waals surface area contributed by atoms with Gasteiger partial charge in [0.15, 0.2) is 5.11 Å². The van der Waals surface area contributed by atoms with Crippen LogP contribution in [-0.2, 0) is 10.0 Å². The number of hydrogen-bond acceptors (Lipinski definition) is 4. The number of hydrogen-bond donors (Lipinski definition) is 2. The first kappa shape index (κ1) is 22.9. The molecule has 0 aromatic heterocycles. The van der Waals surface area contributed by atoms with Crippen LogP contribution in [0.15, 0.2) is 23.1 Å². The van der Waals surface area contributed by atoms with Crippen molar-refractivity contribution in [3.8, 4) is 5.75 Å². The van der Waals surface area contributed by atoms with E-state index in [1.54, 1.807) is 18.2 Å². The van der Waals surface area contributed by atoms with E-state index in [1.165, 1.54) is 23.6 Å². The molecule has 0 saturated heterocycles. The SMILES string of the molecule is CCOc1ccc(NC(=S)N[C@H]2CCCC[C@H]2C)cc1S(=O)(=O)N(CC)CC. The Hall–Kier alpha value is -1.38. The van der Waals surface area contributed by atoms with Gasteiger partial charge in [-0.1, -0.05) is 33.6 Å². The van der Waals surface area contributed by atoms with Gasteiger partial charge in [-0.3, -0.25) is 0 Å². The molecule has 2 N–H and O–H groups in total. The molecule has 0 aliphatic heterocycles. The predicted molar refractivity (Wildman–Crippen MR) is 118 cm³/mol. The molecule has 1 aliphatic rings. The van der Waals surface area contributed by atoms with Gasteiger partial charge in [0, 0.05) is 24.8 Å². The molecule has 0 heterocycles. The maximum atomic E-state index is 13.1. The van der Waals surface area contributed by atoms with Crippen LogP contribution < -0.4 is 15.4 Å². The van der Waals surface area contributed by atoms with Crippen molar-refractivity contribution < 1.29 is 13.2 Å². The van der Waals surface area contributed by atoms with Gasteiger partial charge in [0.25, 0.3) is 0 Å². The van der Waals surface area contributed by atoms with Gasteiger partial charge in [-0.2, -0.15) is 4.31 Å². The van der Waals surface area contributed by atoms with Gasteiger partial charge < -0.3 is 15.4 Å². The van der Waals surface area contributed by atoms with Gasteiger partial charge >= 0.3 is 0 Å². The molecule has 1 aromatic carbocycles. The van der Waals surface area contributed by atoms with Gasteiger partial charge in [-0.05, 0) is 56.1 Å². The van der Waals surface area contributed by atoms with E-state index in [2.05, 4.69) is 17.6 Å². The van der Waals surface area contributed by atoms with Crippen LogP contribution in [0.1, 0.15) is 53.4 Å². The lowest BCUT2D eigenvalue weighted by molar-refractivity contribution is 0.309. The Morgan fingerprint density at radius 3 is 2.50 bits per heavy atom. The summed E-state index contributed by atoms with van der Waals surface area (Å²) in [5.41, 5.74) is 0.634. The summed E-state index contributed by atoms with van der Waals surface area (Å²) in [5.74, 6) is 0.937. The van der Waals surface area contributed by atoms with Crippen LogP contribution in [0, 0.1) is 5.92 Å². The third-order valence-electron chi connectivity index (χ3n) is 5.25. The highest BCUT2D eigenvalue weighted by Crippen LogP contribution is 2.30. The van der Waals surface area contributed by atoms with E-state index < -0.39 is 10.0 Å². The van der Waals surface area contributed by atoms with Crippen molar-refractivity contribution in [2.75, 3.05) is 25.0 Å². The van der Waals surface area contributed by atoms with E-state index in [-0.39, 0.29) is 4.90 Å². The molecule has 2 rings (SSSR count). The summed E-state index contributed by atoms with van der Waals surface area (Å²) in [6.07, 6.45) is 4.79. The normalized spacial score (nSPS) is 20.0. The van der Waals surface area contributed by atoms with Crippen molar-refractivity contribution in [3.05, 3.63) is 18.2 Å². The van der Waals surface area contributed by atoms with Crippen molar-refractivity contribution in [3.63, 3.8) is 0 Å². The molecule has 6 nitrogen and oxygen atoms in total. The summed E-state index contributed by atoms with van der Waals surface area (Å²) < 4.78 is 33.1. The minimum absolute atomic E-state index is 0.164. The molecule has 0 amide bonds. The molecule has 0 radical (unpaired) electrons. The van der Waals surface area contributed by atoms with Crippen LogP contribution in [-0.4, -0.2) is 43.6 Å². The zero-order chi connectivity index (χ0) is 20.7. The number of nitrogens with zero attached hydrogens (tertiary/aromatic N) is 1. The summed E-state index contributed by atoms with van der Waals surface area (Å²) in [6.45, 7) is 8.94. The second-order valence-corrected chi connectivity index (χ2v) is 9.47. The molecule has 1 aliphatic carbocycles. The Labute approximate surface area is 175 Å². The molecular weight excluding hydrogens is 394 g/mol. The number of nitrogens with one attached hydrogen (secondary N) is 2. The monoisotopic (exact) mass is 427 g/mol. The van der Waals surface area contributed by atoms with E-state index in [4.69, 9.17) is 17.0 Å². The topological polar surface area (TPSA) is 70.7 Å². The molecule has 0 unspecified atom stereocenters. The number of ether oxygens (including phenoxy) is 1. The van der Waals surface area contributed by atoms with Crippen molar-refractivity contribution in [2.45, 2.75) is 64.3 Å². The van der Waals surface area contributed by atoms with Gasteiger partial charge in [-0.15, -0.1) is 0 Å². The molecule has 1 saturated carbocycles. The first-order valence-electron chi connectivity index (χ1n) is 10.2. The molecule has 2 atom stereocenters. The minimum Gasteiger partial charge on any atom is -0.492 e. The van der Waals surface area contributed by atoms with Crippen molar-refractivity contribution >= 4 is 33.0 Å². The standard InChI is InChI=1S/C20H33N3O3S2/c1-5-23(6-2)28(24,25)19-14-16(12-13-18(19)26-7-3)21-20(27)22-17-11-9-8-10-15(17)4/h12-15,17H,5-11H2,1-4H3,(H2,21,22,27)/t15-,17+/m1/s1. The summed E-state index contributed by atoms with van der Waals surface area (Å²) in [6, 6.07) is 5.45. The van der Waals surface area contributed by atoms with Crippen molar-refractivity contribution in [2.24, 2.45) is 5.92 Å². The maximum absolute atomic E-state index is 13.1. The molecule has 0 spiro atoms. The highest BCUT2D eigenvalue weighted by Gasteiger charge is 2.26. The van der Waals surface area contributed by atoms with Crippen molar-refractivity contribution in [1.82, 2.24) is 9.62 Å². The molecular formula is C20H33N3O3S2. The maximum Gasteiger partial charge on any atom is 0.246 e. The lowest BCUT2D eigenvalue weighted by atomic mass is 9.86. The Balaban J connectivity index is 2.22. The van der Waals surface area contributed by atoms with E-state index in [0.717, 1.165) is 6.42 Å². The quantitative estimate of drug-likeness (QED) is 0.612. The fourth-order valence-electron chi connectivity index (χ4n) is 3.63. The summed E-state index contributed by atoms with van der Waals surface area (Å²) in [5, 5.41) is 7.06. The number of sulfonamides is 1. The fourth-order valence-corrected chi connectivity index (χ4v) is 5.52. The average Bonchev–Trinajstić information content (AvgIpc) is 2.65. The lowest BCUT2D eigenvalue weighted by Crippen LogP contribution is -2.43. The highest BCUT2D eigenvalue weighted by molar-refractivity contribution is 7.89. The smallest absolute Gasteiger partial charge is 0.246 e. The second kappa shape index (κ2) is 10.4. The van der Waals surface area contributed by atoms with E-state index in [1.807, 2.05) is 20.8 Å². The first-order chi connectivity index (χ1) is 13.3. The molecule has 1 aromatic rings. The van der Waals surface area contributed by atoms with Gasteiger partial charge in [-0.25, -0.2) is 8.42 Å².